The SMILES string of the molecule is CO/N=C(\C(=O)NC1C(=O)N2C(C(=O)O)=C(C[n+]3ccc4cscc4c3)CS[C@H]12)c1noc(N)n1. The van der Waals surface area contributed by atoms with Crippen molar-refractivity contribution in [2.24, 2.45) is 5.16 Å². The second-order valence-corrected chi connectivity index (χ2v) is 9.45. The number of nitrogens with one attached hydrogen (secondary N) is 1. The van der Waals surface area contributed by atoms with E-state index in [9.17, 15) is 19.5 Å². The van der Waals surface area contributed by atoms with Crippen LogP contribution < -0.4 is 15.6 Å². The van der Waals surface area contributed by atoms with Crippen LogP contribution in [0.2, 0.25) is 0 Å². The lowest BCUT2D eigenvalue weighted by atomic mass is 10.0. The molecule has 1 unspecified atom stereocenters. The zero-order valence-electron chi connectivity index (χ0n) is 18.1. The van der Waals surface area contributed by atoms with E-state index in [1.54, 1.807) is 11.3 Å². The summed E-state index contributed by atoms with van der Waals surface area (Å²) in [5, 5.41) is 25.2. The van der Waals surface area contributed by atoms with Crippen LogP contribution in [0.1, 0.15) is 5.82 Å². The Morgan fingerprint density at radius 1 is 1.43 bits per heavy atom. The number of oxime groups is 1. The summed E-state index contributed by atoms with van der Waals surface area (Å²) in [6, 6.07) is 0.720. The molecule has 2 atom stereocenters. The highest BCUT2D eigenvalue weighted by atomic mass is 32.2. The molecule has 15 heteroatoms. The number of rotatable bonds is 7. The predicted octanol–water partition coefficient (Wildman–Crippen LogP) is -0.0567. The fraction of sp³-hybridized carbons (Fsp3) is 0.250. The molecular formula is C20H18N7O6S2+. The fourth-order valence-electron chi connectivity index (χ4n) is 3.89. The van der Waals surface area contributed by atoms with Crippen molar-refractivity contribution in [3.8, 4) is 0 Å². The van der Waals surface area contributed by atoms with Gasteiger partial charge in [0, 0.05) is 28.2 Å². The molecule has 3 aromatic heterocycles. The zero-order chi connectivity index (χ0) is 24.7. The minimum Gasteiger partial charge on any atom is -0.477 e. The molecule has 4 N–H and O–H groups in total. The minimum absolute atomic E-state index is 0.0705. The average molecular weight is 517 g/mol. The van der Waals surface area contributed by atoms with Crippen molar-refractivity contribution >= 4 is 63.4 Å². The Hall–Kier alpha value is -3.98. The normalized spacial score (nSPS) is 20.0. The Labute approximate surface area is 205 Å². The van der Waals surface area contributed by atoms with Gasteiger partial charge in [-0.05, 0) is 5.38 Å². The molecule has 2 aliphatic heterocycles. The second-order valence-electron chi connectivity index (χ2n) is 7.60. The van der Waals surface area contributed by atoms with Crippen molar-refractivity contribution in [2.75, 3.05) is 18.6 Å². The van der Waals surface area contributed by atoms with Gasteiger partial charge in [-0.2, -0.15) is 16.3 Å². The number of carbonyl (C=O) groups excluding carboxylic acids is 2. The summed E-state index contributed by atoms with van der Waals surface area (Å²) in [5.74, 6) is -2.39. The van der Waals surface area contributed by atoms with E-state index >= 15 is 0 Å². The molecule has 0 aromatic carbocycles. The van der Waals surface area contributed by atoms with Crippen LogP contribution in [0.4, 0.5) is 6.01 Å². The summed E-state index contributed by atoms with van der Waals surface area (Å²) in [7, 11) is 1.23. The maximum atomic E-state index is 13.0. The first kappa shape index (κ1) is 22.8. The third-order valence-corrected chi connectivity index (χ3v) is 7.55. The van der Waals surface area contributed by atoms with Crippen molar-refractivity contribution in [3.63, 3.8) is 0 Å². The highest BCUT2D eigenvalue weighted by Crippen LogP contribution is 2.40. The van der Waals surface area contributed by atoms with Gasteiger partial charge in [-0.3, -0.25) is 14.5 Å². The maximum Gasteiger partial charge on any atom is 0.352 e. The van der Waals surface area contributed by atoms with E-state index in [1.807, 2.05) is 33.8 Å². The highest BCUT2D eigenvalue weighted by molar-refractivity contribution is 8.00. The van der Waals surface area contributed by atoms with Gasteiger partial charge in [0.1, 0.15) is 24.2 Å². The Balaban J connectivity index is 1.36. The maximum absolute atomic E-state index is 13.0. The molecule has 1 fully saturated rings. The van der Waals surface area contributed by atoms with E-state index in [-0.39, 0.29) is 23.2 Å². The summed E-state index contributed by atoms with van der Waals surface area (Å²) in [4.78, 5) is 47.5. The summed E-state index contributed by atoms with van der Waals surface area (Å²) < 4.78 is 6.55. The van der Waals surface area contributed by atoms with Crippen LogP contribution in [-0.2, 0) is 25.8 Å². The number of thiophene rings is 1. The highest BCUT2D eigenvalue weighted by Gasteiger charge is 2.55. The Kier molecular flexibility index (Phi) is 5.86. The van der Waals surface area contributed by atoms with Crippen LogP contribution in [-0.4, -0.2) is 67.9 Å². The summed E-state index contributed by atoms with van der Waals surface area (Å²) in [6.45, 7) is 0.317. The largest absolute Gasteiger partial charge is 0.477 e. The molecule has 1 saturated heterocycles. The molecule has 13 nitrogen and oxygen atoms in total. The van der Waals surface area contributed by atoms with Crippen molar-refractivity contribution in [1.29, 1.82) is 0 Å². The third kappa shape index (κ3) is 4.08. The number of aliphatic carboxylic acids is 1. The van der Waals surface area contributed by atoms with E-state index < -0.39 is 29.2 Å². The number of hydrogen-bond donors (Lipinski definition) is 3. The monoisotopic (exact) mass is 516 g/mol. The molecule has 0 aliphatic carbocycles. The molecule has 5 heterocycles. The van der Waals surface area contributed by atoms with Gasteiger partial charge < -0.3 is 25.5 Å². The molecule has 180 valence electrons. The van der Waals surface area contributed by atoms with Gasteiger partial charge in [0.05, 0.1) is 5.39 Å². The van der Waals surface area contributed by atoms with E-state index in [0.29, 0.717) is 17.9 Å². The van der Waals surface area contributed by atoms with E-state index in [1.165, 1.54) is 23.8 Å². The fourth-order valence-corrected chi connectivity index (χ4v) is 6.00. The first-order valence-electron chi connectivity index (χ1n) is 10.1. The van der Waals surface area contributed by atoms with Crippen molar-refractivity contribution < 1.29 is 33.4 Å². The average Bonchev–Trinajstić information content (AvgIpc) is 3.48. The van der Waals surface area contributed by atoms with Crippen LogP contribution >= 0.6 is 23.1 Å². The van der Waals surface area contributed by atoms with Gasteiger partial charge in [0.25, 0.3) is 11.8 Å². The number of amides is 2. The lowest BCUT2D eigenvalue weighted by Gasteiger charge is -2.49. The Bertz CT molecular complexity index is 1410. The molecule has 0 bridgehead atoms. The molecule has 2 amide bonds. The van der Waals surface area contributed by atoms with Crippen molar-refractivity contribution in [1.82, 2.24) is 20.4 Å². The number of nitrogen functional groups attached to an aromatic ring is 1. The standard InChI is InChI=1S/C20H17N7O6S2/c1-32-24-12(15-23-20(21)33-25-15)16(28)22-13-17(29)27-14(19(30)31)11(8-35-18(13)27)5-26-3-2-9-6-34-7-10(9)4-26/h2-4,6-7,13,18H,5,8H2,1H3,(H3-,21,22,23,25,28,30,31)/p+1/b24-12-/t13?,18-/m1/s1. The number of carboxylic acids is 1. The molecule has 2 aliphatic rings. The van der Waals surface area contributed by atoms with Gasteiger partial charge in [0.2, 0.25) is 11.5 Å². The molecule has 35 heavy (non-hydrogen) atoms. The number of thioether (sulfide) groups is 1. The number of pyridine rings is 1. The second kappa shape index (κ2) is 8.99. The number of carboxylic acid groups (broad SMARTS) is 1. The van der Waals surface area contributed by atoms with Crippen LogP contribution in [0, 0.1) is 0 Å². The van der Waals surface area contributed by atoms with Gasteiger partial charge in [0.15, 0.2) is 18.9 Å². The van der Waals surface area contributed by atoms with Gasteiger partial charge in [-0.15, -0.1) is 11.8 Å². The molecule has 0 spiro atoms. The van der Waals surface area contributed by atoms with Crippen LogP contribution in [0.3, 0.4) is 0 Å². The van der Waals surface area contributed by atoms with E-state index in [0.717, 1.165) is 10.8 Å². The zero-order valence-corrected chi connectivity index (χ0v) is 19.7. The molecule has 0 saturated carbocycles. The molecule has 0 radical (unpaired) electrons. The predicted molar refractivity (Wildman–Crippen MR) is 124 cm³/mol. The number of fused-ring (bicyclic) bond motifs is 2. The van der Waals surface area contributed by atoms with Crippen LogP contribution in [0.5, 0.6) is 0 Å². The first-order chi connectivity index (χ1) is 16.9. The van der Waals surface area contributed by atoms with Crippen LogP contribution in [0.25, 0.3) is 10.8 Å². The van der Waals surface area contributed by atoms with Gasteiger partial charge >= 0.3 is 12.0 Å². The third-order valence-electron chi connectivity index (χ3n) is 5.43. The molecular weight excluding hydrogens is 498 g/mol. The van der Waals surface area contributed by atoms with Crippen molar-refractivity contribution in [3.05, 3.63) is 46.3 Å². The number of carbonyl (C=O) groups is 3. The lowest BCUT2D eigenvalue weighted by molar-refractivity contribution is -0.687. The van der Waals surface area contributed by atoms with Crippen molar-refractivity contribution in [2.45, 2.75) is 18.0 Å². The topological polar surface area (TPSA) is 177 Å². The van der Waals surface area contributed by atoms with E-state index in [4.69, 9.17) is 5.73 Å². The lowest BCUT2D eigenvalue weighted by Crippen LogP contribution is -2.71. The number of nitrogens with zero attached hydrogens (tertiary/aromatic N) is 5. The molecule has 5 rings (SSSR count). The number of hydrogen-bond acceptors (Lipinski definition) is 11. The Morgan fingerprint density at radius 3 is 2.94 bits per heavy atom. The smallest absolute Gasteiger partial charge is 0.352 e. The van der Waals surface area contributed by atoms with E-state index in [2.05, 4.69) is 30.0 Å². The number of nitrogens with two attached hydrogens (primary N) is 1. The minimum atomic E-state index is -1.20. The number of aromatic nitrogens is 3. The van der Waals surface area contributed by atoms with Crippen LogP contribution in [0.15, 0.2) is 50.2 Å². The first-order valence-corrected chi connectivity index (χ1v) is 12.1. The van der Waals surface area contributed by atoms with Gasteiger partial charge in [-0.25, -0.2) is 9.36 Å². The summed E-state index contributed by atoms with van der Waals surface area (Å²) in [6.07, 6.45) is 3.82. The quantitative estimate of drug-likeness (QED) is 0.167. The summed E-state index contributed by atoms with van der Waals surface area (Å²) >= 11 is 2.95. The number of anilines is 1. The molecule has 3 aromatic rings. The number of β-lactam (4-membered cyclic amide) rings is 1. The summed E-state index contributed by atoms with van der Waals surface area (Å²) in [5.41, 5.74) is 5.59. The Morgan fingerprint density at radius 2 is 2.23 bits per heavy atom. The van der Waals surface area contributed by atoms with Gasteiger partial charge in [-0.1, -0.05) is 10.3 Å².